The summed E-state index contributed by atoms with van der Waals surface area (Å²) in [5.41, 5.74) is 0. The third-order valence-corrected chi connectivity index (χ3v) is 3.06. The van der Waals surface area contributed by atoms with E-state index < -0.39 is 5.82 Å². The summed E-state index contributed by atoms with van der Waals surface area (Å²) in [6.07, 6.45) is 4.09. The van der Waals surface area contributed by atoms with Crippen LogP contribution >= 0.6 is 0 Å². The van der Waals surface area contributed by atoms with E-state index in [1.165, 1.54) is 0 Å². The van der Waals surface area contributed by atoms with Crippen LogP contribution < -0.4 is 10.2 Å². The van der Waals surface area contributed by atoms with Gasteiger partial charge in [-0.2, -0.15) is 4.98 Å². The Bertz CT molecular complexity index is 388. The number of aliphatic hydroxyl groups excluding tert-OH is 1. The van der Waals surface area contributed by atoms with E-state index >= 15 is 0 Å². The van der Waals surface area contributed by atoms with Crippen LogP contribution in [0.5, 0.6) is 0 Å². The Morgan fingerprint density at radius 2 is 2.41 bits per heavy atom. The number of hydrogen-bond acceptors (Lipinski definition) is 5. The van der Waals surface area contributed by atoms with Crippen molar-refractivity contribution in [2.45, 2.75) is 25.3 Å². The smallest absolute Gasteiger partial charge is 0.224 e. The van der Waals surface area contributed by atoms with Crippen molar-refractivity contribution in [2.75, 3.05) is 30.4 Å². The first-order valence-corrected chi connectivity index (χ1v) is 5.84. The highest BCUT2D eigenvalue weighted by Gasteiger charge is 2.25. The van der Waals surface area contributed by atoms with Gasteiger partial charge in [-0.1, -0.05) is 0 Å². The SMILES string of the molecule is CNc1ncc(F)c(N2CCCCC2CO)n1. The zero-order valence-electron chi connectivity index (χ0n) is 9.86. The van der Waals surface area contributed by atoms with Gasteiger partial charge in [0.15, 0.2) is 11.6 Å². The van der Waals surface area contributed by atoms with E-state index in [9.17, 15) is 9.50 Å². The molecule has 1 atom stereocenters. The molecule has 6 heteroatoms. The molecule has 2 heterocycles. The van der Waals surface area contributed by atoms with Gasteiger partial charge in [-0.3, -0.25) is 0 Å². The molecule has 0 radical (unpaired) electrons. The lowest BCUT2D eigenvalue weighted by atomic mass is 10.0. The van der Waals surface area contributed by atoms with Gasteiger partial charge in [0.05, 0.1) is 18.8 Å². The van der Waals surface area contributed by atoms with Crippen LogP contribution in [0.3, 0.4) is 0 Å². The lowest BCUT2D eigenvalue weighted by molar-refractivity contribution is 0.238. The highest BCUT2D eigenvalue weighted by Crippen LogP contribution is 2.25. The number of piperidine rings is 1. The van der Waals surface area contributed by atoms with E-state index in [1.54, 1.807) is 7.05 Å². The van der Waals surface area contributed by atoms with Crippen LogP contribution in [0, 0.1) is 5.82 Å². The molecular formula is C11H17FN4O. The van der Waals surface area contributed by atoms with E-state index in [0.29, 0.717) is 5.95 Å². The highest BCUT2D eigenvalue weighted by atomic mass is 19.1. The maximum Gasteiger partial charge on any atom is 0.224 e. The molecule has 0 bridgehead atoms. The predicted octanol–water partition coefficient (Wildman–Crippen LogP) is 1.01. The zero-order valence-corrected chi connectivity index (χ0v) is 9.86. The first-order chi connectivity index (χ1) is 8.26. The molecule has 1 fully saturated rings. The standard InChI is InChI=1S/C11H17FN4O/c1-13-11-14-6-9(12)10(15-11)16-5-3-2-4-8(16)7-17/h6,8,17H,2-5,7H2,1H3,(H,13,14,15). The van der Waals surface area contributed by atoms with E-state index in [1.807, 2.05) is 4.90 Å². The maximum atomic E-state index is 13.7. The largest absolute Gasteiger partial charge is 0.394 e. The molecule has 17 heavy (non-hydrogen) atoms. The van der Waals surface area contributed by atoms with Crippen LogP contribution in [0.4, 0.5) is 16.2 Å². The Morgan fingerprint density at radius 3 is 3.12 bits per heavy atom. The van der Waals surface area contributed by atoms with Crippen molar-refractivity contribution in [1.82, 2.24) is 9.97 Å². The molecule has 0 spiro atoms. The minimum Gasteiger partial charge on any atom is -0.394 e. The second kappa shape index (κ2) is 5.27. The summed E-state index contributed by atoms with van der Waals surface area (Å²) in [7, 11) is 1.69. The molecule has 0 aromatic carbocycles. The third kappa shape index (κ3) is 2.46. The van der Waals surface area contributed by atoms with Crippen LogP contribution in [-0.2, 0) is 0 Å². The molecule has 0 saturated carbocycles. The normalized spacial score (nSPS) is 20.4. The number of nitrogens with one attached hydrogen (secondary N) is 1. The Morgan fingerprint density at radius 1 is 1.59 bits per heavy atom. The summed E-state index contributed by atoms with van der Waals surface area (Å²) in [6, 6.07) is -0.0437. The van der Waals surface area contributed by atoms with Gasteiger partial charge in [0.2, 0.25) is 5.95 Å². The molecule has 1 unspecified atom stereocenters. The van der Waals surface area contributed by atoms with E-state index in [-0.39, 0.29) is 18.5 Å². The second-order valence-corrected chi connectivity index (χ2v) is 4.14. The summed E-state index contributed by atoms with van der Waals surface area (Å²) >= 11 is 0. The summed E-state index contributed by atoms with van der Waals surface area (Å²) in [5, 5.41) is 12.1. The number of rotatable bonds is 3. The maximum absolute atomic E-state index is 13.7. The van der Waals surface area contributed by atoms with Crippen molar-refractivity contribution in [2.24, 2.45) is 0 Å². The number of anilines is 2. The molecule has 5 nitrogen and oxygen atoms in total. The highest BCUT2D eigenvalue weighted by molar-refractivity contribution is 5.45. The molecule has 1 aromatic heterocycles. The van der Waals surface area contributed by atoms with Gasteiger partial charge in [0.25, 0.3) is 0 Å². The number of halogens is 1. The summed E-state index contributed by atoms with van der Waals surface area (Å²) in [5.74, 6) is 0.233. The van der Waals surface area contributed by atoms with Gasteiger partial charge in [-0.05, 0) is 19.3 Å². The van der Waals surface area contributed by atoms with Crippen LogP contribution in [0.15, 0.2) is 6.20 Å². The first kappa shape index (κ1) is 12.0. The second-order valence-electron chi connectivity index (χ2n) is 4.14. The van der Waals surface area contributed by atoms with Crippen molar-refractivity contribution in [3.63, 3.8) is 0 Å². The van der Waals surface area contributed by atoms with Crippen LogP contribution in [0.1, 0.15) is 19.3 Å². The third-order valence-electron chi connectivity index (χ3n) is 3.06. The summed E-state index contributed by atoms with van der Waals surface area (Å²) in [4.78, 5) is 9.78. The fourth-order valence-electron chi connectivity index (χ4n) is 2.15. The van der Waals surface area contributed by atoms with Crippen LogP contribution in [-0.4, -0.2) is 41.3 Å². The van der Waals surface area contributed by atoms with Gasteiger partial charge in [0, 0.05) is 13.6 Å². The molecule has 1 aliphatic rings. The van der Waals surface area contributed by atoms with Crippen molar-refractivity contribution < 1.29 is 9.50 Å². The minimum absolute atomic E-state index is 0.0261. The summed E-state index contributed by atoms with van der Waals surface area (Å²) < 4.78 is 13.7. The lowest BCUT2D eigenvalue weighted by Crippen LogP contribution is -2.43. The molecule has 0 aliphatic carbocycles. The van der Waals surface area contributed by atoms with Crippen LogP contribution in [0.25, 0.3) is 0 Å². The Kier molecular flexibility index (Phi) is 3.73. The van der Waals surface area contributed by atoms with E-state index in [4.69, 9.17) is 0 Å². The topological polar surface area (TPSA) is 61.3 Å². The predicted molar refractivity (Wildman–Crippen MR) is 63.6 cm³/mol. The molecule has 1 aliphatic heterocycles. The number of hydrogen-bond donors (Lipinski definition) is 2. The van der Waals surface area contributed by atoms with Gasteiger partial charge >= 0.3 is 0 Å². The van der Waals surface area contributed by atoms with Crippen molar-refractivity contribution in [3.8, 4) is 0 Å². The Balaban J connectivity index is 2.30. The molecule has 0 amide bonds. The quantitative estimate of drug-likeness (QED) is 0.825. The first-order valence-electron chi connectivity index (χ1n) is 5.84. The van der Waals surface area contributed by atoms with Gasteiger partial charge in [-0.15, -0.1) is 0 Å². The van der Waals surface area contributed by atoms with Crippen molar-refractivity contribution >= 4 is 11.8 Å². The summed E-state index contributed by atoms with van der Waals surface area (Å²) in [6.45, 7) is 0.751. The molecule has 1 aromatic rings. The Hall–Kier alpha value is -1.43. The number of nitrogens with zero attached hydrogens (tertiary/aromatic N) is 3. The van der Waals surface area contributed by atoms with Crippen LogP contribution in [0.2, 0.25) is 0 Å². The van der Waals surface area contributed by atoms with Crippen molar-refractivity contribution in [3.05, 3.63) is 12.0 Å². The molecule has 2 N–H and O–H groups in total. The lowest BCUT2D eigenvalue weighted by Gasteiger charge is -2.35. The average Bonchev–Trinajstić information content (AvgIpc) is 2.39. The Labute approximate surface area is 99.7 Å². The van der Waals surface area contributed by atoms with Gasteiger partial charge in [0.1, 0.15) is 0 Å². The number of aromatic nitrogens is 2. The molecular weight excluding hydrogens is 223 g/mol. The minimum atomic E-state index is -0.440. The van der Waals surface area contributed by atoms with E-state index in [2.05, 4.69) is 15.3 Å². The van der Waals surface area contributed by atoms with Crippen molar-refractivity contribution in [1.29, 1.82) is 0 Å². The van der Waals surface area contributed by atoms with E-state index in [0.717, 1.165) is 32.0 Å². The van der Waals surface area contributed by atoms with Gasteiger partial charge < -0.3 is 15.3 Å². The monoisotopic (exact) mass is 240 g/mol. The molecule has 1 saturated heterocycles. The fourth-order valence-corrected chi connectivity index (χ4v) is 2.15. The molecule has 2 rings (SSSR count). The zero-order chi connectivity index (χ0) is 12.3. The number of aliphatic hydroxyl groups is 1. The molecule has 94 valence electrons. The average molecular weight is 240 g/mol. The fraction of sp³-hybridized carbons (Fsp3) is 0.636. The van der Waals surface area contributed by atoms with Gasteiger partial charge in [-0.25, -0.2) is 9.37 Å².